The van der Waals surface area contributed by atoms with E-state index in [1.54, 1.807) is 12.4 Å². The van der Waals surface area contributed by atoms with Crippen LogP contribution in [0.4, 0.5) is 18.9 Å². The van der Waals surface area contributed by atoms with Crippen molar-refractivity contribution < 1.29 is 22.7 Å². The fourth-order valence-electron chi connectivity index (χ4n) is 4.59. The molecule has 9 heteroatoms. The molecular formula is C22H19F3N4O2. The van der Waals surface area contributed by atoms with E-state index in [0.29, 0.717) is 25.3 Å². The summed E-state index contributed by atoms with van der Waals surface area (Å²) in [6.45, 7) is 0.844. The van der Waals surface area contributed by atoms with Gasteiger partial charge in [0, 0.05) is 24.9 Å². The molecule has 3 aromatic rings. The lowest BCUT2D eigenvalue weighted by Gasteiger charge is -2.28. The van der Waals surface area contributed by atoms with Gasteiger partial charge in [-0.05, 0) is 41.8 Å². The van der Waals surface area contributed by atoms with Crippen molar-refractivity contribution in [3.05, 3.63) is 76.9 Å². The lowest BCUT2D eigenvalue weighted by atomic mass is 9.78. The van der Waals surface area contributed by atoms with Crippen LogP contribution in [0.2, 0.25) is 0 Å². The summed E-state index contributed by atoms with van der Waals surface area (Å²) in [5.41, 5.74) is 0.231. The van der Waals surface area contributed by atoms with Crippen LogP contribution in [0.5, 0.6) is 0 Å². The van der Waals surface area contributed by atoms with Gasteiger partial charge in [0.15, 0.2) is 0 Å². The molecule has 2 aromatic carbocycles. The molecule has 0 bridgehead atoms. The van der Waals surface area contributed by atoms with E-state index in [4.69, 9.17) is 4.74 Å². The number of ether oxygens (including phenoxy) is 1. The van der Waals surface area contributed by atoms with Crippen LogP contribution in [0, 0.1) is 0 Å². The average Bonchev–Trinajstić information content (AvgIpc) is 3.47. The van der Waals surface area contributed by atoms with Gasteiger partial charge in [-0.3, -0.25) is 4.79 Å². The molecule has 5 rings (SSSR count). The Labute approximate surface area is 176 Å². The largest absolute Gasteiger partial charge is 0.416 e. The minimum Gasteiger partial charge on any atom is -0.380 e. The van der Waals surface area contributed by atoms with Crippen molar-refractivity contribution in [3.8, 4) is 0 Å². The highest BCUT2D eigenvalue weighted by Crippen LogP contribution is 2.42. The number of amides is 1. The van der Waals surface area contributed by atoms with E-state index in [1.807, 2.05) is 29.8 Å². The van der Waals surface area contributed by atoms with Gasteiger partial charge in [0.05, 0.1) is 24.1 Å². The van der Waals surface area contributed by atoms with Crippen molar-refractivity contribution in [1.82, 2.24) is 14.8 Å². The Balaban J connectivity index is 1.56. The summed E-state index contributed by atoms with van der Waals surface area (Å²) in [6, 6.07) is 11.1. The summed E-state index contributed by atoms with van der Waals surface area (Å²) in [5, 5.41) is 8.28. The molecule has 0 saturated carbocycles. The number of alkyl halides is 3. The number of carbonyl (C=O) groups is 1. The fourth-order valence-corrected chi connectivity index (χ4v) is 4.59. The Morgan fingerprint density at radius 2 is 1.97 bits per heavy atom. The number of hydrogen-bond donors (Lipinski definition) is 0. The number of hydrogen-bond acceptors (Lipinski definition) is 4. The van der Waals surface area contributed by atoms with Crippen LogP contribution in [0.25, 0.3) is 0 Å². The molecule has 31 heavy (non-hydrogen) atoms. The molecule has 1 amide bonds. The average molecular weight is 428 g/mol. The molecule has 1 saturated heterocycles. The molecule has 6 nitrogen and oxygen atoms in total. The van der Waals surface area contributed by atoms with E-state index in [2.05, 4.69) is 10.2 Å². The van der Waals surface area contributed by atoms with Gasteiger partial charge in [-0.15, -0.1) is 10.2 Å². The Kier molecular flexibility index (Phi) is 4.40. The van der Waals surface area contributed by atoms with Crippen molar-refractivity contribution in [3.63, 3.8) is 0 Å². The van der Waals surface area contributed by atoms with Crippen molar-refractivity contribution in [2.75, 3.05) is 18.1 Å². The van der Waals surface area contributed by atoms with E-state index in [-0.39, 0.29) is 17.7 Å². The van der Waals surface area contributed by atoms with Crippen LogP contribution in [0.1, 0.15) is 39.3 Å². The summed E-state index contributed by atoms with van der Waals surface area (Å²) in [5.74, 6) is 0.311. The normalized spacial score (nSPS) is 21.0. The number of benzene rings is 2. The molecule has 160 valence electrons. The first-order valence-electron chi connectivity index (χ1n) is 9.85. The number of rotatable bonds is 3. The summed E-state index contributed by atoms with van der Waals surface area (Å²) < 4.78 is 47.9. The second-order valence-corrected chi connectivity index (χ2v) is 7.92. The number of nitrogens with zero attached hydrogens (tertiary/aromatic N) is 4. The Bertz CT molecular complexity index is 1170. The van der Waals surface area contributed by atoms with Gasteiger partial charge in [0.1, 0.15) is 12.2 Å². The minimum atomic E-state index is -4.51. The molecule has 2 aliphatic heterocycles. The highest BCUT2D eigenvalue weighted by atomic mass is 19.4. The molecule has 0 N–H and O–H groups in total. The molecule has 0 aliphatic carbocycles. The van der Waals surface area contributed by atoms with Crippen molar-refractivity contribution in [2.45, 2.75) is 24.6 Å². The van der Waals surface area contributed by atoms with Gasteiger partial charge < -0.3 is 14.2 Å². The van der Waals surface area contributed by atoms with Gasteiger partial charge in [0.25, 0.3) is 5.91 Å². The van der Waals surface area contributed by atoms with Gasteiger partial charge in [-0.25, -0.2) is 0 Å². The zero-order valence-electron chi connectivity index (χ0n) is 16.7. The van der Waals surface area contributed by atoms with E-state index < -0.39 is 23.1 Å². The summed E-state index contributed by atoms with van der Waals surface area (Å²) in [4.78, 5) is 14.4. The maximum absolute atomic E-state index is 13.5. The third-order valence-electron chi connectivity index (χ3n) is 6.14. The van der Waals surface area contributed by atoms with Crippen molar-refractivity contribution >= 4 is 11.6 Å². The predicted molar refractivity (Wildman–Crippen MR) is 106 cm³/mol. The third kappa shape index (κ3) is 3.03. The first-order chi connectivity index (χ1) is 14.8. The van der Waals surface area contributed by atoms with Gasteiger partial charge in [-0.2, -0.15) is 13.2 Å². The Morgan fingerprint density at radius 1 is 1.16 bits per heavy atom. The number of anilines is 1. The van der Waals surface area contributed by atoms with Crippen LogP contribution in [-0.4, -0.2) is 33.9 Å². The second kappa shape index (κ2) is 6.91. The molecule has 1 atom stereocenters. The number of aromatic nitrogens is 3. The van der Waals surface area contributed by atoms with Crippen LogP contribution in [0.15, 0.2) is 48.8 Å². The van der Waals surface area contributed by atoms with E-state index in [1.165, 1.54) is 17.0 Å². The van der Waals surface area contributed by atoms with Crippen LogP contribution in [0.3, 0.4) is 0 Å². The molecular weight excluding hydrogens is 409 g/mol. The summed E-state index contributed by atoms with van der Waals surface area (Å²) in [7, 11) is 1.86. The predicted octanol–water partition coefficient (Wildman–Crippen LogP) is 3.70. The van der Waals surface area contributed by atoms with Gasteiger partial charge in [0.2, 0.25) is 0 Å². The Morgan fingerprint density at radius 3 is 2.65 bits per heavy atom. The molecule has 1 aromatic heterocycles. The molecule has 3 heterocycles. The molecule has 0 spiro atoms. The highest BCUT2D eigenvalue weighted by Gasteiger charge is 2.43. The van der Waals surface area contributed by atoms with Gasteiger partial charge in [-0.1, -0.05) is 18.2 Å². The highest BCUT2D eigenvalue weighted by molar-refractivity contribution is 6.10. The SMILES string of the molecule is Cn1cnnc1C1(c2cccc(N3Cc4c(cccc4C(F)(F)F)C3=O)c2)CCOC1. The maximum atomic E-state index is 13.5. The monoisotopic (exact) mass is 428 g/mol. The summed E-state index contributed by atoms with van der Waals surface area (Å²) in [6.07, 6.45) is -2.20. The minimum absolute atomic E-state index is 0.0117. The zero-order chi connectivity index (χ0) is 21.8. The number of carbonyl (C=O) groups excluding carboxylic acids is 1. The topological polar surface area (TPSA) is 60.2 Å². The molecule has 2 aliphatic rings. The lowest BCUT2D eigenvalue weighted by molar-refractivity contribution is -0.138. The molecule has 0 radical (unpaired) electrons. The Hall–Kier alpha value is -3.20. The van der Waals surface area contributed by atoms with Crippen LogP contribution < -0.4 is 4.90 Å². The maximum Gasteiger partial charge on any atom is 0.416 e. The summed E-state index contributed by atoms with van der Waals surface area (Å²) >= 11 is 0. The van der Waals surface area contributed by atoms with Gasteiger partial charge >= 0.3 is 6.18 Å². The third-order valence-corrected chi connectivity index (χ3v) is 6.14. The number of halogens is 3. The number of aryl methyl sites for hydroxylation is 1. The zero-order valence-corrected chi connectivity index (χ0v) is 16.7. The standard InChI is InChI=1S/C22H19F3N4O2/c1-28-13-26-27-20(28)21(8-9-31-12-21)14-4-2-5-15(10-14)29-11-17-16(19(29)30)6-3-7-18(17)22(23,24)25/h2-7,10,13H,8-9,11-12H2,1H3. The van der Waals surface area contributed by atoms with E-state index in [0.717, 1.165) is 17.5 Å². The molecule has 1 fully saturated rings. The second-order valence-electron chi connectivity index (χ2n) is 7.92. The van der Waals surface area contributed by atoms with Crippen LogP contribution >= 0.6 is 0 Å². The van der Waals surface area contributed by atoms with Crippen molar-refractivity contribution in [1.29, 1.82) is 0 Å². The van der Waals surface area contributed by atoms with Crippen LogP contribution in [-0.2, 0) is 29.9 Å². The number of fused-ring (bicyclic) bond motifs is 1. The first kappa shape index (κ1) is 19.7. The van der Waals surface area contributed by atoms with E-state index in [9.17, 15) is 18.0 Å². The quantitative estimate of drug-likeness (QED) is 0.638. The fraction of sp³-hybridized carbons (Fsp3) is 0.318. The molecule has 1 unspecified atom stereocenters. The first-order valence-corrected chi connectivity index (χ1v) is 9.85. The smallest absolute Gasteiger partial charge is 0.380 e. The lowest BCUT2D eigenvalue weighted by Crippen LogP contribution is -2.32. The van der Waals surface area contributed by atoms with E-state index >= 15 is 0 Å². The van der Waals surface area contributed by atoms with Crippen molar-refractivity contribution in [2.24, 2.45) is 7.05 Å².